The Morgan fingerprint density at radius 1 is 0.778 bits per heavy atom. The summed E-state index contributed by atoms with van der Waals surface area (Å²) in [5.41, 5.74) is 8.50. The van der Waals surface area contributed by atoms with Crippen molar-refractivity contribution >= 4 is 11.3 Å². The highest BCUT2D eigenvalue weighted by atomic mass is 32.1. The average molecular weight is 248 g/mol. The molecule has 0 spiro atoms. The summed E-state index contributed by atoms with van der Waals surface area (Å²) in [6.45, 7) is 0. The Labute approximate surface area is 111 Å². The van der Waals surface area contributed by atoms with Gasteiger partial charge in [-0.3, -0.25) is 0 Å². The first-order valence-electron chi connectivity index (χ1n) is 6.16. The molecule has 1 heteroatoms. The van der Waals surface area contributed by atoms with E-state index in [-0.39, 0.29) is 0 Å². The van der Waals surface area contributed by atoms with E-state index < -0.39 is 0 Å². The second-order valence-electron chi connectivity index (χ2n) is 4.68. The second kappa shape index (κ2) is 3.82. The fraction of sp³-hybridized carbons (Fsp3) is 0.0588. The van der Waals surface area contributed by atoms with Gasteiger partial charge in [-0.15, -0.1) is 0 Å². The standard InChI is InChI=1S/C17H12S/c1-2-5-14-12(4-1)10-17-15(6-3-7-16(14)17)13-8-9-18-11-13/h1-9,11H,10H2. The molecule has 0 saturated carbocycles. The van der Waals surface area contributed by atoms with E-state index in [0.29, 0.717) is 0 Å². The molecular formula is C17H12S. The third-order valence-electron chi connectivity index (χ3n) is 3.68. The Morgan fingerprint density at radius 3 is 2.50 bits per heavy atom. The van der Waals surface area contributed by atoms with Gasteiger partial charge < -0.3 is 0 Å². The van der Waals surface area contributed by atoms with Crippen LogP contribution < -0.4 is 0 Å². The number of hydrogen-bond acceptors (Lipinski definition) is 1. The molecule has 1 aliphatic carbocycles. The van der Waals surface area contributed by atoms with E-state index in [1.807, 2.05) is 0 Å². The van der Waals surface area contributed by atoms with Gasteiger partial charge in [0.15, 0.2) is 0 Å². The fourth-order valence-corrected chi connectivity index (χ4v) is 3.50. The molecule has 0 saturated heterocycles. The van der Waals surface area contributed by atoms with Crippen molar-refractivity contribution in [1.82, 2.24) is 0 Å². The molecule has 3 aromatic rings. The normalized spacial score (nSPS) is 12.2. The second-order valence-corrected chi connectivity index (χ2v) is 5.46. The third-order valence-corrected chi connectivity index (χ3v) is 4.37. The van der Waals surface area contributed by atoms with Crippen molar-refractivity contribution in [3.63, 3.8) is 0 Å². The molecule has 0 radical (unpaired) electrons. The van der Waals surface area contributed by atoms with Crippen LogP contribution in [0, 0.1) is 0 Å². The van der Waals surface area contributed by atoms with Crippen LogP contribution in [0.3, 0.4) is 0 Å². The SMILES string of the molecule is c1ccc2c(c1)Cc1c(-c3ccsc3)cccc1-2. The van der Waals surface area contributed by atoms with Crippen LogP contribution in [0.1, 0.15) is 11.1 Å². The number of hydrogen-bond donors (Lipinski definition) is 0. The lowest BCUT2D eigenvalue weighted by Crippen LogP contribution is -1.85. The van der Waals surface area contributed by atoms with Crippen LogP contribution in [-0.4, -0.2) is 0 Å². The summed E-state index contributed by atoms with van der Waals surface area (Å²) < 4.78 is 0. The van der Waals surface area contributed by atoms with E-state index >= 15 is 0 Å². The van der Waals surface area contributed by atoms with Crippen LogP contribution in [0.15, 0.2) is 59.3 Å². The molecule has 0 amide bonds. The molecule has 1 aromatic heterocycles. The van der Waals surface area contributed by atoms with Gasteiger partial charge in [0.1, 0.15) is 0 Å². The summed E-state index contributed by atoms with van der Waals surface area (Å²) in [6.07, 6.45) is 1.07. The summed E-state index contributed by atoms with van der Waals surface area (Å²) in [5, 5.41) is 4.38. The Hall–Kier alpha value is -1.86. The van der Waals surface area contributed by atoms with Gasteiger partial charge in [-0.1, -0.05) is 42.5 Å². The molecule has 2 aromatic carbocycles. The summed E-state index contributed by atoms with van der Waals surface area (Å²) in [6, 6.07) is 17.6. The summed E-state index contributed by atoms with van der Waals surface area (Å²) in [4.78, 5) is 0. The van der Waals surface area contributed by atoms with Crippen molar-refractivity contribution in [3.05, 3.63) is 70.4 Å². The first-order valence-corrected chi connectivity index (χ1v) is 7.10. The van der Waals surface area contributed by atoms with Gasteiger partial charge in [-0.2, -0.15) is 11.3 Å². The number of rotatable bonds is 1. The fourth-order valence-electron chi connectivity index (χ4n) is 2.85. The predicted molar refractivity (Wildman–Crippen MR) is 78.0 cm³/mol. The van der Waals surface area contributed by atoms with Crippen molar-refractivity contribution in [2.45, 2.75) is 6.42 Å². The van der Waals surface area contributed by atoms with Gasteiger partial charge >= 0.3 is 0 Å². The highest BCUT2D eigenvalue weighted by Gasteiger charge is 2.20. The van der Waals surface area contributed by atoms with E-state index in [2.05, 4.69) is 59.3 Å². The topological polar surface area (TPSA) is 0 Å². The molecular weight excluding hydrogens is 236 g/mol. The zero-order valence-corrected chi connectivity index (χ0v) is 10.7. The minimum absolute atomic E-state index is 1.07. The molecule has 18 heavy (non-hydrogen) atoms. The van der Waals surface area contributed by atoms with E-state index in [0.717, 1.165) is 6.42 Å². The monoisotopic (exact) mass is 248 g/mol. The first-order chi connectivity index (χ1) is 8.93. The molecule has 0 bridgehead atoms. The summed E-state index contributed by atoms with van der Waals surface area (Å²) >= 11 is 1.76. The Kier molecular flexibility index (Phi) is 2.14. The minimum atomic E-state index is 1.07. The lowest BCUT2D eigenvalue weighted by molar-refractivity contribution is 1.26. The molecule has 0 nitrogen and oxygen atoms in total. The lowest BCUT2D eigenvalue weighted by atomic mass is 9.98. The summed E-state index contributed by atoms with van der Waals surface area (Å²) in [7, 11) is 0. The lowest BCUT2D eigenvalue weighted by Gasteiger charge is -2.06. The van der Waals surface area contributed by atoms with Crippen molar-refractivity contribution < 1.29 is 0 Å². The average Bonchev–Trinajstić information content (AvgIpc) is 3.05. The van der Waals surface area contributed by atoms with Gasteiger partial charge in [0.25, 0.3) is 0 Å². The Morgan fingerprint density at radius 2 is 1.61 bits per heavy atom. The largest absolute Gasteiger partial charge is 0.152 e. The predicted octanol–water partition coefficient (Wildman–Crippen LogP) is 4.99. The first kappa shape index (κ1) is 10.1. The van der Waals surface area contributed by atoms with Crippen molar-refractivity contribution in [3.8, 4) is 22.3 Å². The van der Waals surface area contributed by atoms with Gasteiger partial charge in [0, 0.05) is 0 Å². The van der Waals surface area contributed by atoms with Crippen LogP contribution in [0.5, 0.6) is 0 Å². The van der Waals surface area contributed by atoms with Crippen LogP contribution in [0.25, 0.3) is 22.3 Å². The molecule has 1 heterocycles. The van der Waals surface area contributed by atoms with E-state index in [1.165, 1.54) is 33.4 Å². The zero-order chi connectivity index (χ0) is 11.9. The summed E-state index contributed by atoms with van der Waals surface area (Å²) in [5.74, 6) is 0. The van der Waals surface area contributed by atoms with Crippen LogP contribution in [0.4, 0.5) is 0 Å². The van der Waals surface area contributed by atoms with Gasteiger partial charge in [0.05, 0.1) is 0 Å². The molecule has 0 atom stereocenters. The highest BCUT2D eigenvalue weighted by Crippen LogP contribution is 2.41. The maximum absolute atomic E-state index is 2.25. The van der Waals surface area contributed by atoms with Crippen molar-refractivity contribution in [1.29, 1.82) is 0 Å². The van der Waals surface area contributed by atoms with E-state index in [4.69, 9.17) is 0 Å². The Bertz CT molecular complexity index is 708. The van der Waals surface area contributed by atoms with Crippen molar-refractivity contribution in [2.75, 3.05) is 0 Å². The smallest absolute Gasteiger partial charge is 0.000728 e. The van der Waals surface area contributed by atoms with Crippen LogP contribution >= 0.6 is 11.3 Å². The van der Waals surface area contributed by atoms with Crippen LogP contribution in [0.2, 0.25) is 0 Å². The maximum Gasteiger partial charge on any atom is -0.000728 e. The molecule has 4 rings (SSSR count). The quantitative estimate of drug-likeness (QED) is 0.445. The molecule has 0 unspecified atom stereocenters. The van der Waals surface area contributed by atoms with Gasteiger partial charge in [0.2, 0.25) is 0 Å². The van der Waals surface area contributed by atoms with Gasteiger partial charge in [-0.25, -0.2) is 0 Å². The maximum atomic E-state index is 2.25. The molecule has 86 valence electrons. The molecule has 0 fully saturated rings. The molecule has 1 aliphatic rings. The highest BCUT2D eigenvalue weighted by molar-refractivity contribution is 7.08. The Balaban J connectivity index is 1.97. The minimum Gasteiger partial charge on any atom is -0.152 e. The zero-order valence-electron chi connectivity index (χ0n) is 9.89. The van der Waals surface area contributed by atoms with Crippen molar-refractivity contribution in [2.24, 2.45) is 0 Å². The number of benzene rings is 2. The van der Waals surface area contributed by atoms with E-state index in [9.17, 15) is 0 Å². The van der Waals surface area contributed by atoms with Gasteiger partial charge in [-0.05, 0) is 56.6 Å². The van der Waals surface area contributed by atoms with Crippen LogP contribution in [-0.2, 0) is 6.42 Å². The number of fused-ring (bicyclic) bond motifs is 3. The third kappa shape index (κ3) is 1.37. The van der Waals surface area contributed by atoms with E-state index in [1.54, 1.807) is 11.3 Å². The molecule has 0 aliphatic heterocycles. The molecule has 0 N–H and O–H groups in total. The number of thiophene rings is 1.